The fourth-order valence-corrected chi connectivity index (χ4v) is 2.65. The predicted octanol–water partition coefficient (Wildman–Crippen LogP) is 3.37. The fourth-order valence-electron chi connectivity index (χ4n) is 2.65. The molecule has 0 radical (unpaired) electrons. The van der Waals surface area contributed by atoms with Gasteiger partial charge in [0.25, 0.3) is 0 Å². The Morgan fingerprint density at radius 2 is 1.81 bits per heavy atom. The van der Waals surface area contributed by atoms with Crippen LogP contribution in [0.15, 0.2) is 30.3 Å². The molecule has 1 fully saturated rings. The zero-order valence-electron chi connectivity index (χ0n) is 13.1. The first-order valence-corrected chi connectivity index (χ1v) is 7.58. The standard InChI is InChI=1S/C17H25NO3/c1-17(2,3)21-16(20)18-11-9-14(10-12-18)15(19)13-7-5-4-6-8-13/h4-8,14-15,19H,9-12H2,1-3H3. The lowest BCUT2D eigenvalue weighted by Gasteiger charge is -2.35. The van der Waals surface area contributed by atoms with Crippen LogP contribution in [-0.4, -0.2) is 34.8 Å². The Bertz CT molecular complexity index is 459. The van der Waals surface area contributed by atoms with E-state index >= 15 is 0 Å². The molecule has 21 heavy (non-hydrogen) atoms. The minimum Gasteiger partial charge on any atom is -0.444 e. The van der Waals surface area contributed by atoms with Crippen LogP contribution in [0, 0.1) is 5.92 Å². The SMILES string of the molecule is CC(C)(C)OC(=O)N1CCC(C(O)c2ccccc2)CC1. The number of hydrogen-bond acceptors (Lipinski definition) is 3. The molecule has 116 valence electrons. The molecule has 1 aliphatic rings. The molecule has 1 aliphatic heterocycles. The summed E-state index contributed by atoms with van der Waals surface area (Å²) < 4.78 is 5.38. The highest BCUT2D eigenvalue weighted by Crippen LogP contribution is 2.31. The molecule has 1 unspecified atom stereocenters. The van der Waals surface area contributed by atoms with Gasteiger partial charge in [-0.05, 0) is 45.1 Å². The Hall–Kier alpha value is -1.55. The van der Waals surface area contributed by atoms with E-state index in [0.29, 0.717) is 13.1 Å². The number of benzene rings is 1. The molecular weight excluding hydrogens is 266 g/mol. The zero-order chi connectivity index (χ0) is 15.5. The van der Waals surface area contributed by atoms with Gasteiger partial charge in [0.2, 0.25) is 0 Å². The fraction of sp³-hybridized carbons (Fsp3) is 0.588. The number of carbonyl (C=O) groups is 1. The second-order valence-corrected chi connectivity index (χ2v) is 6.66. The summed E-state index contributed by atoms with van der Waals surface area (Å²) in [6.45, 7) is 6.90. The quantitative estimate of drug-likeness (QED) is 0.909. The van der Waals surface area contributed by atoms with Crippen molar-refractivity contribution < 1.29 is 14.6 Å². The molecule has 0 aromatic heterocycles. The summed E-state index contributed by atoms with van der Waals surface area (Å²) in [6, 6.07) is 9.72. The van der Waals surface area contributed by atoms with E-state index in [9.17, 15) is 9.90 Å². The number of ether oxygens (including phenoxy) is 1. The predicted molar refractivity (Wildman–Crippen MR) is 81.9 cm³/mol. The minimum atomic E-state index is -0.461. The lowest BCUT2D eigenvalue weighted by molar-refractivity contribution is 0.00767. The van der Waals surface area contributed by atoms with E-state index in [1.807, 2.05) is 51.1 Å². The van der Waals surface area contributed by atoms with Crippen LogP contribution in [0.4, 0.5) is 4.79 Å². The van der Waals surface area contributed by atoms with Gasteiger partial charge in [0.05, 0.1) is 6.10 Å². The number of likely N-dealkylation sites (tertiary alicyclic amines) is 1. The minimum absolute atomic E-state index is 0.200. The summed E-state index contributed by atoms with van der Waals surface area (Å²) in [5, 5.41) is 10.4. The third kappa shape index (κ3) is 4.46. The van der Waals surface area contributed by atoms with Crippen molar-refractivity contribution in [1.29, 1.82) is 0 Å². The van der Waals surface area contributed by atoms with Crippen molar-refractivity contribution >= 4 is 6.09 Å². The molecule has 1 aromatic rings. The summed E-state index contributed by atoms with van der Waals surface area (Å²) in [4.78, 5) is 13.7. The average molecular weight is 291 g/mol. The number of rotatable bonds is 2. The highest BCUT2D eigenvalue weighted by molar-refractivity contribution is 5.68. The van der Waals surface area contributed by atoms with Gasteiger partial charge in [0, 0.05) is 13.1 Å². The molecule has 2 rings (SSSR count). The molecule has 0 spiro atoms. The van der Waals surface area contributed by atoms with E-state index in [1.165, 1.54) is 0 Å². The zero-order valence-corrected chi connectivity index (χ0v) is 13.1. The molecule has 1 heterocycles. The lowest BCUT2D eigenvalue weighted by Crippen LogP contribution is -2.42. The largest absolute Gasteiger partial charge is 0.444 e. The summed E-state index contributed by atoms with van der Waals surface area (Å²) in [5.41, 5.74) is 0.491. The number of aliphatic hydroxyl groups excluding tert-OH is 1. The smallest absolute Gasteiger partial charge is 0.410 e. The second-order valence-electron chi connectivity index (χ2n) is 6.66. The first kappa shape index (κ1) is 15.8. The highest BCUT2D eigenvalue weighted by atomic mass is 16.6. The van der Waals surface area contributed by atoms with Gasteiger partial charge in [-0.1, -0.05) is 30.3 Å². The van der Waals surface area contributed by atoms with E-state index in [-0.39, 0.29) is 12.0 Å². The normalized spacial score (nSPS) is 18.4. The topological polar surface area (TPSA) is 49.8 Å². The third-order valence-electron chi connectivity index (χ3n) is 3.78. The van der Waals surface area contributed by atoms with Gasteiger partial charge < -0.3 is 14.7 Å². The van der Waals surface area contributed by atoms with Crippen LogP contribution in [0.3, 0.4) is 0 Å². The van der Waals surface area contributed by atoms with Crippen LogP contribution in [0.5, 0.6) is 0 Å². The van der Waals surface area contributed by atoms with Crippen molar-refractivity contribution in [3.05, 3.63) is 35.9 Å². The molecule has 4 nitrogen and oxygen atoms in total. The van der Waals surface area contributed by atoms with Gasteiger partial charge in [0.1, 0.15) is 5.60 Å². The van der Waals surface area contributed by atoms with Crippen molar-refractivity contribution in [2.24, 2.45) is 5.92 Å². The van der Waals surface area contributed by atoms with E-state index in [4.69, 9.17) is 4.74 Å². The van der Waals surface area contributed by atoms with Gasteiger partial charge in [-0.3, -0.25) is 0 Å². The van der Waals surface area contributed by atoms with Gasteiger partial charge in [-0.15, -0.1) is 0 Å². The van der Waals surface area contributed by atoms with Crippen LogP contribution in [0.1, 0.15) is 45.3 Å². The lowest BCUT2D eigenvalue weighted by atomic mass is 9.87. The number of piperidine rings is 1. The molecular formula is C17H25NO3. The van der Waals surface area contributed by atoms with Crippen molar-refractivity contribution in [1.82, 2.24) is 4.90 Å². The van der Waals surface area contributed by atoms with E-state index in [2.05, 4.69) is 0 Å². The van der Waals surface area contributed by atoms with Crippen LogP contribution in [0.25, 0.3) is 0 Å². The third-order valence-corrected chi connectivity index (χ3v) is 3.78. The van der Waals surface area contributed by atoms with Gasteiger partial charge in [0.15, 0.2) is 0 Å². The number of amides is 1. The summed E-state index contributed by atoms with van der Waals surface area (Å²) >= 11 is 0. The first-order valence-electron chi connectivity index (χ1n) is 7.58. The van der Waals surface area contributed by atoms with Crippen molar-refractivity contribution in [3.8, 4) is 0 Å². The monoisotopic (exact) mass is 291 g/mol. The van der Waals surface area contributed by atoms with Gasteiger partial charge in [-0.25, -0.2) is 4.79 Å². The molecule has 1 N–H and O–H groups in total. The maximum atomic E-state index is 12.0. The van der Waals surface area contributed by atoms with Crippen LogP contribution >= 0.6 is 0 Å². The maximum Gasteiger partial charge on any atom is 0.410 e. The van der Waals surface area contributed by atoms with Gasteiger partial charge >= 0.3 is 6.09 Å². The van der Waals surface area contributed by atoms with Gasteiger partial charge in [-0.2, -0.15) is 0 Å². The van der Waals surface area contributed by atoms with E-state index < -0.39 is 11.7 Å². The molecule has 0 saturated carbocycles. The van der Waals surface area contributed by atoms with Crippen molar-refractivity contribution in [2.75, 3.05) is 13.1 Å². The molecule has 4 heteroatoms. The van der Waals surface area contributed by atoms with E-state index in [0.717, 1.165) is 18.4 Å². The molecule has 1 saturated heterocycles. The van der Waals surface area contributed by atoms with Crippen LogP contribution in [-0.2, 0) is 4.74 Å². The summed E-state index contributed by atoms with van der Waals surface area (Å²) in [5.74, 6) is 0.200. The van der Waals surface area contributed by atoms with Crippen molar-refractivity contribution in [3.63, 3.8) is 0 Å². The number of aliphatic hydroxyl groups is 1. The highest BCUT2D eigenvalue weighted by Gasteiger charge is 2.30. The Morgan fingerprint density at radius 1 is 1.24 bits per heavy atom. The van der Waals surface area contributed by atoms with Crippen molar-refractivity contribution in [2.45, 2.75) is 45.3 Å². The molecule has 0 bridgehead atoms. The number of hydrogen-bond donors (Lipinski definition) is 1. The average Bonchev–Trinajstić information content (AvgIpc) is 2.46. The first-order chi connectivity index (χ1) is 9.87. The second kappa shape index (κ2) is 6.48. The van der Waals surface area contributed by atoms with Crippen LogP contribution in [0.2, 0.25) is 0 Å². The van der Waals surface area contributed by atoms with Crippen LogP contribution < -0.4 is 0 Å². The number of carbonyl (C=O) groups excluding carboxylic acids is 1. The number of nitrogens with zero attached hydrogens (tertiary/aromatic N) is 1. The molecule has 1 aromatic carbocycles. The Labute approximate surface area is 126 Å². The summed E-state index contributed by atoms with van der Waals surface area (Å²) in [7, 11) is 0. The van der Waals surface area contributed by atoms with E-state index in [1.54, 1.807) is 4.90 Å². The Kier molecular flexibility index (Phi) is 4.88. The Morgan fingerprint density at radius 3 is 2.33 bits per heavy atom. The molecule has 0 aliphatic carbocycles. The maximum absolute atomic E-state index is 12.0. The Balaban J connectivity index is 1.87. The molecule has 1 atom stereocenters. The molecule has 1 amide bonds. The summed E-state index contributed by atoms with van der Waals surface area (Å²) in [6.07, 6.45) is 0.895.